The zero-order chi connectivity index (χ0) is 49.3. The van der Waals surface area contributed by atoms with Gasteiger partial charge in [-0.3, -0.25) is 9.59 Å². The molecule has 4 bridgehead atoms. The van der Waals surface area contributed by atoms with Crippen molar-refractivity contribution in [2.75, 3.05) is 39.6 Å². The van der Waals surface area contributed by atoms with Crippen LogP contribution in [0, 0.1) is 23.7 Å². The Morgan fingerprint density at radius 2 is 0.819 bits per heavy atom. The Labute approximate surface area is 412 Å². The van der Waals surface area contributed by atoms with E-state index in [4.69, 9.17) is 18.9 Å². The largest absolute Gasteiger partial charge is 0.466 e. The molecule has 4 aliphatic carbocycles. The fourth-order valence-corrected chi connectivity index (χ4v) is 15.5. The number of aromatic nitrogens is 6. The normalized spacial score (nSPS) is 29.7. The molecule has 16 nitrogen and oxygen atoms in total. The number of carbonyl (C=O) groups excluding carboxylic acids is 2. The molecule has 0 saturated heterocycles. The molecule has 2 spiro atoms. The summed E-state index contributed by atoms with van der Waals surface area (Å²) in [4.78, 5) is 85.1. The van der Waals surface area contributed by atoms with Crippen molar-refractivity contribution >= 4 is 11.9 Å². The molecule has 0 N–H and O–H groups in total. The summed E-state index contributed by atoms with van der Waals surface area (Å²) in [6.45, 7) is 5.51. The lowest BCUT2D eigenvalue weighted by molar-refractivity contribution is -0.161. The van der Waals surface area contributed by atoms with Crippen molar-refractivity contribution in [2.24, 2.45) is 23.7 Å². The summed E-state index contributed by atoms with van der Waals surface area (Å²) in [7, 11) is 0. The average Bonchev–Trinajstić information content (AvgIpc) is 4.29. The molecule has 2 fully saturated rings. The van der Waals surface area contributed by atoms with Gasteiger partial charge in [0.25, 0.3) is 0 Å². The second-order valence-electron chi connectivity index (χ2n) is 20.2. The summed E-state index contributed by atoms with van der Waals surface area (Å²) >= 11 is 0. The number of hydrogen-bond acceptors (Lipinski definition) is 10. The Hall–Kier alpha value is -7.30. The van der Waals surface area contributed by atoms with Crippen LogP contribution in [0.1, 0.15) is 63.5 Å². The van der Waals surface area contributed by atoms with Crippen molar-refractivity contribution in [1.82, 2.24) is 27.9 Å². The Bertz CT molecular complexity index is 3300. The minimum absolute atomic E-state index is 0.180. The van der Waals surface area contributed by atoms with Gasteiger partial charge in [0.1, 0.15) is 11.1 Å². The van der Waals surface area contributed by atoms with Crippen LogP contribution in [-0.2, 0) is 50.7 Å². The fraction of sp³-hybridized carbons (Fsp3) is 0.393. The molecule has 0 unspecified atom stereocenters. The SMILES string of the molecule is CCOC(=O)[C@H]1[C@@H]2CCC[C@@]23C2=C(COC2)[C@]1(c1ccccc1)n1c(=O)n(-c2ccccc2)c(=O)n13.CCOC(=O)[C@H]1[C@@H]2CCC[C@@]23C2=C(COC2)[C@]1(c1ccccc1)n1c(=O)n(-c2ccccc2)c(=O)n13. The van der Waals surface area contributed by atoms with Crippen LogP contribution in [0.4, 0.5) is 0 Å². The molecule has 8 atom stereocenters. The van der Waals surface area contributed by atoms with Crippen molar-refractivity contribution < 1.29 is 28.5 Å². The quantitative estimate of drug-likeness (QED) is 0.147. The van der Waals surface area contributed by atoms with Crippen LogP contribution < -0.4 is 22.8 Å². The van der Waals surface area contributed by atoms with Crippen LogP contribution in [0.15, 0.2) is 163 Å². The van der Waals surface area contributed by atoms with Crippen molar-refractivity contribution in [2.45, 2.75) is 74.5 Å². The third-order valence-electron chi connectivity index (χ3n) is 17.6. The van der Waals surface area contributed by atoms with E-state index in [1.807, 2.05) is 97.1 Å². The lowest BCUT2D eigenvalue weighted by atomic mass is 9.54. The molecule has 72 heavy (non-hydrogen) atoms. The number of nitrogens with zero attached hydrogens (tertiary/aromatic N) is 6. The Balaban J connectivity index is 0.000000140. The van der Waals surface area contributed by atoms with Gasteiger partial charge in [0.2, 0.25) is 0 Å². The molecule has 368 valence electrons. The van der Waals surface area contributed by atoms with Gasteiger partial charge in [0.05, 0.1) is 73.9 Å². The number of carbonyl (C=O) groups is 2. The lowest BCUT2D eigenvalue weighted by Gasteiger charge is -2.59. The summed E-state index contributed by atoms with van der Waals surface area (Å²) < 4.78 is 32.6. The highest BCUT2D eigenvalue weighted by molar-refractivity contribution is 5.80. The van der Waals surface area contributed by atoms with E-state index < -0.39 is 45.4 Å². The highest BCUT2D eigenvalue weighted by Gasteiger charge is 2.75. The van der Waals surface area contributed by atoms with Gasteiger partial charge in [-0.25, -0.2) is 47.0 Å². The molecule has 4 aromatic carbocycles. The molecule has 8 heterocycles. The van der Waals surface area contributed by atoms with Crippen LogP contribution in [0.3, 0.4) is 0 Å². The third-order valence-corrected chi connectivity index (χ3v) is 17.6. The van der Waals surface area contributed by atoms with Gasteiger partial charge in [-0.05, 0) is 97.2 Å². The Morgan fingerprint density at radius 1 is 0.486 bits per heavy atom. The second kappa shape index (κ2) is 16.1. The molecule has 6 aliphatic heterocycles. The van der Waals surface area contributed by atoms with Crippen LogP contribution >= 0.6 is 0 Å². The number of para-hydroxylation sites is 2. The van der Waals surface area contributed by atoms with Gasteiger partial charge in [0.15, 0.2) is 0 Å². The molecule has 6 aromatic rings. The van der Waals surface area contributed by atoms with E-state index in [0.29, 0.717) is 50.6 Å². The van der Waals surface area contributed by atoms with Gasteiger partial charge in [0, 0.05) is 11.8 Å². The first-order chi connectivity index (χ1) is 35.2. The van der Waals surface area contributed by atoms with Gasteiger partial charge >= 0.3 is 34.7 Å². The highest BCUT2D eigenvalue weighted by Crippen LogP contribution is 2.68. The summed E-state index contributed by atoms with van der Waals surface area (Å²) in [5, 5.41) is 0. The van der Waals surface area contributed by atoms with Gasteiger partial charge < -0.3 is 18.9 Å². The molecule has 16 heteroatoms. The number of ether oxygens (including phenoxy) is 4. The summed E-state index contributed by atoms with van der Waals surface area (Å²) in [6.07, 6.45) is 4.59. The van der Waals surface area contributed by atoms with Crippen LogP contribution in [0.25, 0.3) is 11.4 Å². The van der Waals surface area contributed by atoms with Gasteiger partial charge in [-0.15, -0.1) is 0 Å². The van der Waals surface area contributed by atoms with Crippen molar-refractivity contribution in [1.29, 1.82) is 0 Å². The molecule has 16 rings (SSSR count). The van der Waals surface area contributed by atoms with Crippen molar-refractivity contribution in [3.05, 3.63) is 197 Å². The molecular weight excluding hydrogens is 917 g/mol. The van der Waals surface area contributed by atoms with E-state index in [0.717, 1.165) is 59.1 Å². The maximum absolute atomic E-state index is 14.4. The minimum Gasteiger partial charge on any atom is -0.466 e. The van der Waals surface area contributed by atoms with Crippen LogP contribution in [0.5, 0.6) is 0 Å². The molecule has 2 aromatic heterocycles. The fourth-order valence-electron chi connectivity index (χ4n) is 15.5. The summed E-state index contributed by atoms with van der Waals surface area (Å²) in [6, 6.07) is 37.3. The molecule has 0 radical (unpaired) electrons. The second-order valence-corrected chi connectivity index (χ2v) is 20.2. The van der Waals surface area contributed by atoms with E-state index in [9.17, 15) is 28.8 Å². The number of hydrogen-bond donors (Lipinski definition) is 0. The summed E-state index contributed by atoms with van der Waals surface area (Å²) in [5.41, 5.74) is 0.963. The predicted octanol–water partition coefficient (Wildman–Crippen LogP) is 5.15. The first-order valence-corrected chi connectivity index (χ1v) is 25.3. The Morgan fingerprint density at radius 3 is 1.18 bits per heavy atom. The molecule has 10 aliphatic rings. The van der Waals surface area contributed by atoms with E-state index >= 15 is 0 Å². The zero-order valence-electron chi connectivity index (χ0n) is 40.1. The number of benzene rings is 4. The third kappa shape index (κ3) is 5.28. The smallest absolute Gasteiger partial charge is 0.353 e. The zero-order valence-corrected chi connectivity index (χ0v) is 40.1. The van der Waals surface area contributed by atoms with Gasteiger partial charge in [-0.2, -0.15) is 0 Å². The van der Waals surface area contributed by atoms with Crippen molar-refractivity contribution in [3.63, 3.8) is 0 Å². The van der Waals surface area contributed by atoms with Crippen molar-refractivity contribution in [3.8, 4) is 11.4 Å². The predicted molar refractivity (Wildman–Crippen MR) is 262 cm³/mol. The molecule has 2 saturated carbocycles. The van der Waals surface area contributed by atoms with Crippen LogP contribution in [-0.4, -0.2) is 79.4 Å². The number of esters is 2. The first-order valence-electron chi connectivity index (χ1n) is 25.3. The van der Waals surface area contributed by atoms with E-state index in [1.54, 1.807) is 56.8 Å². The van der Waals surface area contributed by atoms with E-state index in [1.165, 1.54) is 9.13 Å². The van der Waals surface area contributed by atoms with E-state index in [2.05, 4.69) is 0 Å². The van der Waals surface area contributed by atoms with E-state index in [-0.39, 0.29) is 48.4 Å². The topological polar surface area (TPSA) is 169 Å². The average molecular weight is 971 g/mol. The Kier molecular flexibility index (Phi) is 9.98. The summed E-state index contributed by atoms with van der Waals surface area (Å²) in [5.74, 6) is -2.30. The van der Waals surface area contributed by atoms with Crippen LogP contribution in [0.2, 0.25) is 0 Å². The monoisotopic (exact) mass is 970 g/mol. The maximum atomic E-state index is 14.4. The standard InChI is InChI=1S/2C28H27N3O5/c2*1-2-36-24(32)23-20-14-9-15-27(20)21-16-35-17-22(21)28(23,18-10-5-3-6-11-18)31-26(34)29(25(33)30(27)31)19-12-7-4-8-13-19/h2*3-8,10-13,20,23H,2,9,14-17H2,1H3/t2*20-,23+,27-,28-/m00/s1. The maximum Gasteiger partial charge on any atom is 0.353 e. The minimum atomic E-state index is -1.20. The highest BCUT2D eigenvalue weighted by atomic mass is 16.5. The lowest BCUT2D eigenvalue weighted by Crippen LogP contribution is -2.71. The molecular formula is C56H54N6O10. The first kappa shape index (κ1) is 44.6. The molecule has 0 amide bonds. The number of rotatable bonds is 8. The van der Waals surface area contributed by atoms with Gasteiger partial charge in [-0.1, -0.05) is 110 Å².